The van der Waals surface area contributed by atoms with Crippen molar-refractivity contribution < 1.29 is 14.3 Å². The van der Waals surface area contributed by atoms with Gasteiger partial charge in [0.2, 0.25) is 0 Å². The largest absolute Gasteiger partial charge is 0.469 e. The third kappa shape index (κ3) is 4.88. The lowest BCUT2D eigenvalue weighted by Gasteiger charge is -2.07. The van der Waals surface area contributed by atoms with Crippen LogP contribution in [0.25, 0.3) is 0 Å². The summed E-state index contributed by atoms with van der Waals surface area (Å²) in [7, 11) is 1.36. The molecule has 0 heterocycles. The van der Waals surface area contributed by atoms with Gasteiger partial charge in [-0.05, 0) is 5.92 Å². The van der Waals surface area contributed by atoms with Crippen molar-refractivity contribution in [3.8, 4) is 0 Å². The Morgan fingerprint density at radius 2 is 1.92 bits per heavy atom. The maximum Gasteiger partial charge on any atom is 0.305 e. The first-order chi connectivity index (χ1) is 5.60. The van der Waals surface area contributed by atoms with Gasteiger partial charge < -0.3 is 4.74 Å². The molecule has 0 aliphatic heterocycles. The van der Waals surface area contributed by atoms with E-state index in [4.69, 9.17) is 0 Å². The van der Waals surface area contributed by atoms with Crippen molar-refractivity contribution in [2.75, 3.05) is 7.11 Å². The van der Waals surface area contributed by atoms with Gasteiger partial charge in [-0.25, -0.2) is 0 Å². The summed E-state index contributed by atoms with van der Waals surface area (Å²) in [6.07, 6.45) is 1.36. The Hall–Kier alpha value is -0.860. The molecule has 0 aromatic carbocycles. The van der Waals surface area contributed by atoms with Crippen LogP contribution in [0.2, 0.25) is 0 Å². The molecule has 3 heteroatoms. The zero-order valence-electron chi connectivity index (χ0n) is 7.92. The highest BCUT2D eigenvalue weighted by Gasteiger charge is 2.11. The summed E-state index contributed by atoms with van der Waals surface area (Å²) in [5.41, 5.74) is 0. The minimum absolute atomic E-state index is 0.102. The van der Waals surface area contributed by atoms with E-state index in [2.05, 4.69) is 4.74 Å². The molecule has 0 unspecified atom stereocenters. The van der Waals surface area contributed by atoms with Crippen LogP contribution in [0, 0.1) is 5.92 Å². The number of ether oxygens (including phenoxy) is 1. The Kier molecular flexibility index (Phi) is 5.34. The van der Waals surface area contributed by atoms with Crippen molar-refractivity contribution in [2.24, 2.45) is 5.92 Å². The van der Waals surface area contributed by atoms with E-state index in [0.29, 0.717) is 19.3 Å². The lowest BCUT2D eigenvalue weighted by atomic mass is 10.0. The first-order valence-electron chi connectivity index (χ1n) is 4.18. The number of esters is 1. The zero-order chi connectivity index (χ0) is 9.56. The Morgan fingerprint density at radius 1 is 1.33 bits per heavy atom. The number of hydrogen-bond acceptors (Lipinski definition) is 3. The van der Waals surface area contributed by atoms with Crippen molar-refractivity contribution in [3.63, 3.8) is 0 Å². The van der Waals surface area contributed by atoms with E-state index in [0.717, 1.165) is 0 Å². The monoisotopic (exact) mass is 172 g/mol. The lowest BCUT2D eigenvalue weighted by molar-refractivity contribution is -0.141. The van der Waals surface area contributed by atoms with E-state index in [9.17, 15) is 9.59 Å². The van der Waals surface area contributed by atoms with Crippen molar-refractivity contribution in [3.05, 3.63) is 0 Å². The molecule has 0 spiro atoms. The van der Waals surface area contributed by atoms with Gasteiger partial charge in [-0.1, -0.05) is 13.8 Å². The van der Waals surface area contributed by atoms with Crippen LogP contribution in [-0.4, -0.2) is 18.9 Å². The number of Topliss-reactive ketones (excluding diaryl/α,β-unsaturated/α-hetero) is 1. The fraction of sp³-hybridized carbons (Fsp3) is 0.778. The van der Waals surface area contributed by atoms with E-state index < -0.39 is 0 Å². The number of carbonyl (C=O) groups excluding carboxylic acids is 2. The van der Waals surface area contributed by atoms with Crippen molar-refractivity contribution >= 4 is 11.8 Å². The molecule has 0 saturated carbocycles. The van der Waals surface area contributed by atoms with Crippen LogP contribution >= 0.6 is 0 Å². The predicted molar refractivity (Wildman–Crippen MR) is 45.7 cm³/mol. The van der Waals surface area contributed by atoms with E-state index >= 15 is 0 Å². The minimum atomic E-state index is -0.244. The second kappa shape index (κ2) is 5.75. The highest BCUT2D eigenvalue weighted by Crippen LogP contribution is 2.09. The molecule has 0 bridgehead atoms. The summed E-state index contributed by atoms with van der Waals surface area (Å²) in [6.45, 7) is 3.71. The molecule has 0 aliphatic rings. The normalized spacial score (nSPS) is 12.2. The van der Waals surface area contributed by atoms with Gasteiger partial charge in [0, 0.05) is 19.3 Å². The number of hydrogen-bond donors (Lipinski definition) is 0. The smallest absolute Gasteiger partial charge is 0.305 e. The molecular weight excluding hydrogens is 156 g/mol. The van der Waals surface area contributed by atoms with Gasteiger partial charge in [-0.3, -0.25) is 9.59 Å². The highest BCUT2D eigenvalue weighted by molar-refractivity contribution is 5.79. The maximum absolute atomic E-state index is 10.9. The molecule has 0 rings (SSSR count). The minimum Gasteiger partial charge on any atom is -0.469 e. The predicted octanol–water partition coefficient (Wildman–Crippen LogP) is 1.55. The molecule has 70 valence electrons. The van der Waals surface area contributed by atoms with Crippen LogP contribution < -0.4 is 0 Å². The second-order valence-corrected chi connectivity index (χ2v) is 2.98. The molecule has 0 aliphatic carbocycles. The average Bonchev–Trinajstić information content (AvgIpc) is 2.03. The van der Waals surface area contributed by atoms with Gasteiger partial charge in [0.05, 0.1) is 7.11 Å². The number of methoxy groups -OCH3 is 1. The van der Waals surface area contributed by atoms with E-state index in [1.807, 2.05) is 13.8 Å². The Morgan fingerprint density at radius 3 is 2.33 bits per heavy atom. The molecule has 1 atom stereocenters. The van der Waals surface area contributed by atoms with Gasteiger partial charge in [0.1, 0.15) is 5.78 Å². The maximum atomic E-state index is 10.9. The first-order valence-corrected chi connectivity index (χ1v) is 4.18. The molecule has 3 nitrogen and oxygen atoms in total. The van der Waals surface area contributed by atoms with Crippen molar-refractivity contribution in [1.29, 1.82) is 0 Å². The van der Waals surface area contributed by atoms with Crippen LogP contribution in [0.15, 0.2) is 0 Å². The molecule has 0 saturated heterocycles. The summed E-state index contributed by atoms with van der Waals surface area (Å²) in [4.78, 5) is 21.7. The third-order valence-electron chi connectivity index (χ3n) is 1.71. The molecule has 0 aromatic rings. The Bertz CT molecular complexity index is 145. The van der Waals surface area contributed by atoms with Crippen molar-refractivity contribution in [1.82, 2.24) is 0 Å². The summed E-state index contributed by atoms with van der Waals surface area (Å²) in [6, 6.07) is 0. The highest BCUT2D eigenvalue weighted by atomic mass is 16.5. The van der Waals surface area contributed by atoms with Gasteiger partial charge in [0.25, 0.3) is 0 Å². The number of carbonyl (C=O) groups is 2. The molecule has 0 radical (unpaired) electrons. The van der Waals surface area contributed by atoms with Crippen LogP contribution in [0.3, 0.4) is 0 Å². The second-order valence-electron chi connectivity index (χ2n) is 2.98. The fourth-order valence-electron chi connectivity index (χ4n) is 0.973. The lowest BCUT2D eigenvalue weighted by Crippen LogP contribution is -2.10. The van der Waals surface area contributed by atoms with Gasteiger partial charge >= 0.3 is 5.97 Å². The summed E-state index contributed by atoms with van der Waals surface area (Å²) < 4.78 is 4.49. The van der Waals surface area contributed by atoms with E-state index in [1.165, 1.54) is 7.11 Å². The topological polar surface area (TPSA) is 43.4 Å². The van der Waals surface area contributed by atoms with Gasteiger partial charge in [-0.2, -0.15) is 0 Å². The van der Waals surface area contributed by atoms with Crippen LogP contribution in [0.1, 0.15) is 33.1 Å². The Labute approximate surface area is 73.1 Å². The zero-order valence-corrected chi connectivity index (χ0v) is 7.92. The number of ketones is 1. The quantitative estimate of drug-likeness (QED) is 0.591. The van der Waals surface area contributed by atoms with Crippen molar-refractivity contribution in [2.45, 2.75) is 33.1 Å². The summed E-state index contributed by atoms with van der Waals surface area (Å²) in [5, 5.41) is 0. The molecule has 12 heavy (non-hydrogen) atoms. The fourth-order valence-corrected chi connectivity index (χ4v) is 0.973. The van der Waals surface area contributed by atoms with Crippen LogP contribution in [0.5, 0.6) is 0 Å². The van der Waals surface area contributed by atoms with E-state index in [1.54, 1.807) is 0 Å². The molecule has 0 N–H and O–H groups in total. The van der Waals surface area contributed by atoms with E-state index in [-0.39, 0.29) is 17.7 Å². The molecule has 0 aromatic heterocycles. The summed E-state index contributed by atoms with van der Waals surface area (Å²) >= 11 is 0. The first kappa shape index (κ1) is 11.1. The molecular formula is C9H16O3. The number of rotatable bonds is 5. The van der Waals surface area contributed by atoms with Crippen LogP contribution in [0.4, 0.5) is 0 Å². The average molecular weight is 172 g/mol. The van der Waals surface area contributed by atoms with Crippen LogP contribution in [-0.2, 0) is 14.3 Å². The standard InChI is InChI=1S/C9H16O3/c1-4-8(10)5-7(2)6-9(11)12-3/h7H,4-6H2,1-3H3/t7-/m1/s1. The Balaban J connectivity index is 3.66. The summed E-state index contributed by atoms with van der Waals surface area (Å²) in [5.74, 6) is 0.0581. The van der Waals surface area contributed by atoms with Gasteiger partial charge in [-0.15, -0.1) is 0 Å². The molecule has 0 fully saturated rings. The third-order valence-corrected chi connectivity index (χ3v) is 1.71. The van der Waals surface area contributed by atoms with Gasteiger partial charge in [0.15, 0.2) is 0 Å². The SMILES string of the molecule is CCC(=O)C[C@@H](C)CC(=O)OC. The molecule has 0 amide bonds.